The van der Waals surface area contributed by atoms with Gasteiger partial charge in [-0.3, -0.25) is 4.79 Å². The van der Waals surface area contributed by atoms with E-state index in [0.29, 0.717) is 35.0 Å². The molecule has 0 aliphatic heterocycles. The molecule has 6 heteroatoms. The molecule has 0 saturated carbocycles. The summed E-state index contributed by atoms with van der Waals surface area (Å²) in [5.74, 6) is 0.563. The van der Waals surface area contributed by atoms with Crippen molar-refractivity contribution in [3.8, 4) is 11.8 Å². The van der Waals surface area contributed by atoms with E-state index in [2.05, 4.69) is 10.6 Å². The monoisotopic (exact) mass is 329 g/mol. The summed E-state index contributed by atoms with van der Waals surface area (Å²) >= 11 is 5.96. The summed E-state index contributed by atoms with van der Waals surface area (Å²) in [4.78, 5) is 12.0. The van der Waals surface area contributed by atoms with Crippen molar-refractivity contribution in [3.63, 3.8) is 0 Å². The average Bonchev–Trinajstić information content (AvgIpc) is 2.58. The molecule has 0 unspecified atom stereocenters. The molecule has 0 atom stereocenters. The summed E-state index contributed by atoms with van der Waals surface area (Å²) in [7, 11) is 1.58. The van der Waals surface area contributed by atoms with Crippen LogP contribution in [-0.4, -0.2) is 26.1 Å². The van der Waals surface area contributed by atoms with E-state index in [-0.39, 0.29) is 5.91 Å². The van der Waals surface area contributed by atoms with Gasteiger partial charge in [0.15, 0.2) is 0 Å². The summed E-state index contributed by atoms with van der Waals surface area (Å²) in [6.07, 6.45) is 0. The number of carbonyl (C=O) groups is 1. The minimum atomic E-state index is -0.146. The highest BCUT2D eigenvalue weighted by atomic mass is 35.5. The number of amides is 1. The maximum absolute atomic E-state index is 12.0. The Kier molecular flexibility index (Phi) is 5.84. The number of hydrogen-bond donors (Lipinski definition) is 2. The summed E-state index contributed by atoms with van der Waals surface area (Å²) in [5.41, 5.74) is 1.81. The third-order valence-corrected chi connectivity index (χ3v) is 3.49. The van der Waals surface area contributed by atoms with Gasteiger partial charge >= 0.3 is 0 Å². The molecule has 0 aliphatic rings. The number of methoxy groups -OCH3 is 1. The molecule has 0 saturated heterocycles. The molecule has 2 aromatic carbocycles. The fraction of sp³-hybridized carbons (Fsp3) is 0.176. The fourth-order valence-corrected chi connectivity index (χ4v) is 2.17. The number of nitrogens with one attached hydrogen (secondary N) is 2. The van der Waals surface area contributed by atoms with Crippen molar-refractivity contribution in [2.45, 2.75) is 0 Å². The van der Waals surface area contributed by atoms with Crippen LogP contribution < -0.4 is 15.4 Å². The number of rotatable bonds is 6. The third kappa shape index (κ3) is 4.63. The Morgan fingerprint density at radius 2 is 1.96 bits per heavy atom. The van der Waals surface area contributed by atoms with E-state index in [1.807, 2.05) is 6.07 Å². The van der Waals surface area contributed by atoms with Crippen molar-refractivity contribution in [2.75, 3.05) is 25.5 Å². The van der Waals surface area contributed by atoms with Crippen molar-refractivity contribution in [1.29, 1.82) is 5.26 Å². The van der Waals surface area contributed by atoms with E-state index in [9.17, 15) is 4.79 Å². The summed E-state index contributed by atoms with van der Waals surface area (Å²) in [6, 6.07) is 14.0. The smallest absolute Gasteiger partial charge is 0.251 e. The second-order valence-electron chi connectivity index (χ2n) is 4.72. The van der Waals surface area contributed by atoms with Crippen LogP contribution in [0.3, 0.4) is 0 Å². The van der Waals surface area contributed by atoms with Gasteiger partial charge in [0.25, 0.3) is 5.91 Å². The number of carbonyl (C=O) groups excluding carboxylic acids is 1. The lowest BCUT2D eigenvalue weighted by Crippen LogP contribution is -2.28. The van der Waals surface area contributed by atoms with Gasteiger partial charge in [0.05, 0.1) is 17.7 Å². The average molecular weight is 330 g/mol. The molecule has 1 amide bonds. The van der Waals surface area contributed by atoms with Crippen LogP contribution in [0.5, 0.6) is 5.75 Å². The lowest BCUT2D eigenvalue weighted by Gasteiger charge is -2.09. The molecule has 0 aromatic heterocycles. The first-order valence-electron chi connectivity index (χ1n) is 7.00. The largest absolute Gasteiger partial charge is 0.497 e. The van der Waals surface area contributed by atoms with Crippen LogP contribution in [0.4, 0.5) is 5.69 Å². The molecule has 0 heterocycles. The predicted molar refractivity (Wildman–Crippen MR) is 90.0 cm³/mol. The Hall–Kier alpha value is -2.71. The number of nitrogens with zero attached hydrogens (tertiary/aromatic N) is 1. The van der Waals surface area contributed by atoms with Gasteiger partial charge in [-0.2, -0.15) is 5.26 Å². The van der Waals surface area contributed by atoms with Crippen LogP contribution in [0.25, 0.3) is 0 Å². The third-order valence-electron chi connectivity index (χ3n) is 3.18. The molecular weight excluding hydrogens is 314 g/mol. The van der Waals surface area contributed by atoms with Crippen LogP contribution in [0, 0.1) is 11.3 Å². The van der Waals surface area contributed by atoms with Gasteiger partial charge in [-0.05, 0) is 42.5 Å². The van der Waals surface area contributed by atoms with E-state index in [1.165, 1.54) is 0 Å². The number of halogens is 1. The molecule has 2 aromatic rings. The number of hydrogen-bond acceptors (Lipinski definition) is 4. The molecular formula is C17H16ClN3O2. The van der Waals surface area contributed by atoms with Gasteiger partial charge in [0, 0.05) is 24.3 Å². The number of nitriles is 1. The van der Waals surface area contributed by atoms with Gasteiger partial charge in [-0.25, -0.2) is 0 Å². The standard InChI is InChI=1S/C17H16ClN3O2/c1-23-15-6-3-12(4-7-15)17(22)21-9-8-20-14-5-2-13(11-19)16(18)10-14/h2-7,10,20H,8-9H2,1H3,(H,21,22). The Morgan fingerprint density at radius 1 is 1.22 bits per heavy atom. The number of anilines is 1. The molecule has 23 heavy (non-hydrogen) atoms. The molecule has 0 bridgehead atoms. The zero-order valence-electron chi connectivity index (χ0n) is 12.6. The molecule has 5 nitrogen and oxygen atoms in total. The zero-order valence-corrected chi connectivity index (χ0v) is 13.4. The Labute approximate surface area is 139 Å². The molecule has 0 radical (unpaired) electrons. The fourth-order valence-electron chi connectivity index (χ4n) is 1.94. The quantitative estimate of drug-likeness (QED) is 0.799. The lowest BCUT2D eigenvalue weighted by molar-refractivity contribution is 0.0955. The first-order valence-corrected chi connectivity index (χ1v) is 7.37. The van der Waals surface area contributed by atoms with E-state index in [0.717, 1.165) is 5.69 Å². The van der Waals surface area contributed by atoms with Crippen molar-refractivity contribution in [3.05, 3.63) is 58.6 Å². The highest BCUT2D eigenvalue weighted by molar-refractivity contribution is 6.32. The predicted octanol–water partition coefficient (Wildman–Crippen LogP) is 3.06. The topological polar surface area (TPSA) is 74.2 Å². The van der Waals surface area contributed by atoms with Crippen molar-refractivity contribution in [2.24, 2.45) is 0 Å². The second-order valence-corrected chi connectivity index (χ2v) is 5.12. The van der Waals surface area contributed by atoms with Gasteiger partial charge < -0.3 is 15.4 Å². The molecule has 0 aliphatic carbocycles. The summed E-state index contributed by atoms with van der Waals surface area (Å²) in [5, 5.41) is 15.2. The summed E-state index contributed by atoms with van der Waals surface area (Å²) in [6.45, 7) is 1.01. The van der Waals surface area contributed by atoms with E-state index in [4.69, 9.17) is 21.6 Å². The van der Waals surface area contributed by atoms with Gasteiger partial charge in [0.1, 0.15) is 11.8 Å². The van der Waals surface area contributed by atoms with Gasteiger partial charge in [-0.15, -0.1) is 0 Å². The minimum absolute atomic E-state index is 0.146. The first-order chi connectivity index (χ1) is 11.1. The SMILES string of the molecule is COc1ccc(C(=O)NCCNc2ccc(C#N)c(Cl)c2)cc1. The van der Waals surface area contributed by atoms with Crippen LogP contribution in [0.2, 0.25) is 5.02 Å². The number of benzene rings is 2. The van der Waals surface area contributed by atoms with Crippen LogP contribution in [-0.2, 0) is 0 Å². The molecule has 0 spiro atoms. The maximum atomic E-state index is 12.0. The van der Waals surface area contributed by atoms with Crippen molar-refractivity contribution >= 4 is 23.2 Å². The van der Waals surface area contributed by atoms with E-state index < -0.39 is 0 Å². The molecule has 2 rings (SSSR count). The Morgan fingerprint density at radius 3 is 2.57 bits per heavy atom. The normalized spacial score (nSPS) is 9.78. The first kappa shape index (κ1) is 16.7. The summed E-state index contributed by atoms with van der Waals surface area (Å²) < 4.78 is 5.05. The van der Waals surface area contributed by atoms with Crippen LogP contribution in [0.1, 0.15) is 15.9 Å². The van der Waals surface area contributed by atoms with Gasteiger partial charge in [-0.1, -0.05) is 11.6 Å². The zero-order chi connectivity index (χ0) is 16.7. The van der Waals surface area contributed by atoms with Crippen molar-refractivity contribution < 1.29 is 9.53 Å². The Balaban J connectivity index is 1.79. The lowest BCUT2D eigenvalue weighted by atomic mass is 10.2. The minimum Gasteiger partial charge on any atom is -0.497 e. The highest BCUT2D eigenvalue weighted by Crippen LogP contribution is 2.19. The molecule has 2 N–H and O–H groups in total. The number of ether oxygens (including phenoxy) is 1. The van der Waals surface area contributed by atoms with Gasteiger partial charge in [0.2, 0.25) is 0 Å². The van der Waals surface area contributed by atoms with Crippen LogP contribution in [0.15, 0.2) is 42.5 Å². The Bertz CT molecular complexity index is 724. The van der Waals surface area contributed by atoms with Crippen molar-refractivity contribution in [1.82, 2.24) is 5.32 Å². The molecule has 118 valence electrons. The second kappa shape index (κ2) is 8.06. The molecule has 0 fully saturated rings. The highest BCUT2D eigenvalue weighted by Gasteiger charge is 2.05. The van der Waals surface area contributed by atoms with Crippen LogP contribution >= 0.6 is 11.6 Å². The van der Waals surface area contributed by atoms with E-state index in [1.54, 1.807) is 49.6 Å². The maximum Gasteiger partial charge on any atom is 0.251 e. The van der Waals surface area contributed by atoms with E-state index >= 15 is 0 Å².